The summed E-state index contributed by atoms with van der Waals surface area (Å²) in [7, 11) is 1.44. The lowest BCUT2D eigenvalue weighted by molar-refractivity contribution is 0.387. The third-order valence-electron chi connectivity index (χ3n) is 2.45. The van der Waals surface area contributed by atoms with Gasteiger partial charge in [-0.2, -0.15) is 0 Å². The van der Waals surface area contributed by atoms with Gasteiger partial charge in [-0.1, -0.05) is 6.07 Å². The molecule has 94 valence electrons. The number of halogens is 1. The minimum absolute atomic E-state index is 0.205. The van der Waals surface area contributed by atoms with Gasteiger partial charge in [-0.3, -0.25) is 0 Å². The fraction of sp³-hybridized carbons (Fsp3) is 0.231. The highest BCUT2D eigenvalue weighted by molar-refractivity contribution is 5.63. The highest BCUT2D eigenvalue weighted by Crippen LogP contribution is 2.27. The van der Waals surface area contributed by atoms with E-state index in [0.29, 0.717) is 23.8 Å². The maximum Gasteiger partial charge on any atom is 0.223 e. The van der Waals surface area contributed by atoms with Crippen LogP contribution in [-0.2, 0) is 0 Å². The molecule has 1 N–H and O–H groups in total. The van der Waals surface area contributed by atoms with Crippen molar-refractivity contribution in [3.8, 4) is 17.0 Å². The largest absolute Gasteiger partial charge is 0.494 e. The van der Waals surface area contributed by atoms with Crippen LogP contribution in [0.15, 0.2) is 30.5 Å². The van der Waals surface area contributed by atoms with Gasteiger partial charge in [0, 0.05) is 18.3 Å². The Labute approximate surface area is 105 Å². The molecular formula is C13H14FN3O. The quantitative estimate of drug-likeness (QED) is 0.902. The summed E-state index contributed by atoms with van der Waals surface area (Å²) in [6.45, 7) is 2.66. The Morgan fingerprint density at radius 3 is 2.89 bits per heavy atom. The third-order valence-corrected chi connectivity index (χ3v) is 2.45. The summed E-state index contributed by atoms with van der Waals surface area (Å²) in [6.07, 6.45) is 1.60. The van der Waals surface area contributed by atoms with E-state index in [1.54, 1.807) is 30.5 Å². The lowest BCUT2D eigenvalue weighted by atomic mass is 10.1. The lowest BCUT2D eigenvalue weighted by Crippen LogP contribution is -2.02. The first-order chi connectivity index (χ1) is 8.76. The number of benzene rings is 1. The number of rotatable bonds is 4. The molecule has 0 amide bonds. The average molecular weight is 247 g/mol. The summed E-state index contributed by atoms with van der Waals surface area (Å²) in [5, 5.41) is 2.99. The molecule has 1 aromatic carbocycles. The molecular weight excluding hydrogens is 233 g/mol. The normalized spacial score (nSPS) is 10.2. The maximum absolute atomic E-state index is 14.1. The molecule has 0 radical (unpaired) electrons. The SMILES string of the molecule is CCNc1nccc(-c2cccc(OC)c2F)n1. The van der Waals surface area contributed by atoms with Crippen LogP contribution < -0.4 is 10.1 Å². The molecule has 0 aliphatic heterocycles. The van der Waals surface area contributed by atoms with Crippen molar-refractivity contribution in [1.29, 1.82) is 0 Å². The van der Waals surface area contributed by atoms with Gasteiger partial charge < -0.3 is 10.1 Å². The Kier molecular flexibility index (Phi) is 3.72. The van der Waals surface area contributed by atoms with Crippen molar-refractivity contribution in [2.24, 2.45) is 0 Å². The van der Waals surface area contributed by atoms with Crippen molar-refractivity contribution in [3.63, 3.8) is 0 Å². The van der Waals surface area contributed by atoms with Crippen molar-refractivity contribution in [2.75, 3.05) is 19.0 Å². The van der Waals surface area contributed by atoms with Crippen LogP contribution in [0.4, 0.5) is 10.3 Å². The third kappa shape index (κ3) is 2.40. The van der Waals surface area contributed by atoms with Crippen LogP contribution in [0.2, 0.25) is 0 Å². The number of anilines is 1. The Bertz CT molecular complexity index is 546. The number of methoxy groups -OCH3 is 1. The molecule has 0 fully saturated rings. The Morgan fingerprint density at radius 2 is 2.17 bits per heavy atom. The Morgan fingerprint density at radius 1 is 1.33 bits per heavy atom. The number of ether oxygens (including phenoxy) is 1. The summed E-state index contributed by atoms with van der Waals surface area (Å²) in [4.78, 5) is 8.30. The maximum atomic E-state index is 14.1. The molecule has 0 unspecified atom stereocenters. The van der Waals surface area contributed by atoms with Gasteiger partial charge in [0.05, 0.1) is 12.8 Å². The van der Waals surface area contributed by atoms with E-state index in [0.717, 1.165) is 0 Å². The van der Waals surface area contributed by atoms with E-state index >= 15 is 0 Å². The average Bonchev–Trinajstić information content (AvgIpc) is 2.40. The zero-order valence-corrected chi connectivity index (χ0v) is 10.3. The van der Waals surface area contributed by atoms with Crippen LogP contribution in [0, 0.1) is 5.82 Å². The molecule has 4 nitrogen and oxygen atoms in total. The molecule has 0 saturated carbocycles. The van der Waals surface area contributed by atoms with Gasteiger partial charge in [0.2, 0.25) is 5.95 Å². The molecule has 0 bridgehead atoms. The Balaban J connectivity index is 2.45. The minimum Gasteiger partial charge on any atom is -0.494 e. The second kappa shape index (κ2) is 5.44. The zero-order chi connectivity index (χ0) is 13.0. The number of nitrogens with one attached hydrogen (secondary N) is 1. The van der Waals surface area contributed by atoms with E-state index in [1.165, 1.54) is 7.11 Å². The van der Waals surface area contributed by atoms with Gasteiger partial charge >= 0.3 is 0 Å². The molecule has 18 heavy (non-hydrogen) atoms. The lowest BCUT2D eigenvalue weighted by Gasteiger charge is -2.08. The van der Waals surface area contributed by atoms with E-state index < -0.39 is 5.82 Å². The fourth-order valence-electron chi connectivity index (χ4n) is 1.62. The van der Waals surface area contributed by atoms with E-state index in [4.69, 9.17) is 4.74 Å². The van der Waals surface area contributed by atoms with Gasteiger partial charge in [0.25, 0.3) is 0 Å². The summed E-state index contributed by atoms with van der Waals surface area (Å²) >= 11 is 0. The van der Waals surface area contributed by atoms with Gasteiger partial charge in [0.1, 0.15) is 0 Å². The van der Waals surface area contributed by atoms with Crippen LogP contribution >= 0.6 is 0 Å². The van der Waals surface area contributed by atoms with Crippen molar-refractivity contribution in [2.45, 2.75) is 6.92 Å². The monoisotopic (exact) mass is 247 g/mol. The molecule has 2 aromatic rings. The first kappa shape index (κ1) is 12.3. The number of hydrogen-bond acceptors (Lipinski definition) is 4. The smallest absolute Gasteiger partial charge is 0.223 e. The number of hydrogen-bond donors (Lipinski definition) is 1. The summed E-state index contributed by atoms with van der Waals surface area (Å²) in [5.74, 6) is 0.273. The van der Waals surface area contributed by atoms with E-state index in [-0.39, 0.29) is 5.75 Å². The first-order valence-corrected chi connectivity index (χ1v) is 5.66. The van der Waals surface area contributed by atoms with E-state index in [9.17, 15) is 4.39 Å². The second-order valence-electron chi connectivity index (χ2n) is 3.62. The summed E-state index contributed by atoms with van der Waals surface area (Å²) in [5.41, 5.74) is 0.924. The van der Waals surface area contributed by atoms with Crippen molar-refractivity contribution < 1.29 is 9.13 Å². The van der Waals surface area contributed by atoms with Gasteiger partial charge in [0.15, 0.2) is 11.6 Å². The number of nitrogens with zero attached hydrogens (tertiary/aromatic N) is 2. The molecule has 0 spiro atoms. The molecule has 1 heterocycles. The molecule has 1 aromatic heterocycles. The van der Waals surface area contributed by atoms with Crippen LogP contribution in [0.25, 0.3) is 11.3 Å². The summed E-state index contributed by atoms with van der Waals surface area (Å²) < 4.78 is 19.0. The molecule has 0 atom stereocenters. The molecule has 5 heteroatoms. The van der Waals surface area contributed by atoms with Crippen molar-refractivity contribution >= 4 is 5.95 Å². The first-order valence-electron chi connectivity index (χ1n) is 5.66. The summed E-state index contributed by atoms with van der Waals surface area (Å²) in [6, 6.07) is 6.63. The van der Waals surface area contributed by atoms with Crippen LogP contribution in [-0.4, -0.2) is 23.6 Å². The van der Waals surface area contributed by atoms with Crippen LogP contribution in [0.3, 0.4) is 0 Å². The number of aromatic nitrogens is 2. The van der Waals surface area contributed by atoms with Gasteiger partial charge in [-0.25, -0.2) is 14.4 Å². The second-order valence-corrected chi connectivity index (χ2v) is 3.62. The Hall–Kier alpha value is -2.17. The minimum atomic E-state index is -0.416. The highest BCUT2D eigenvalue weighted by Gasteiger charge is 2.11. The molecule has 0 aliphatic carbocycles. The fourth-order valence-corrected chi connectivity index (χ4v) is 1.62. The standard InChI is InChI=1S/C13H14FN3O/c1-3-15-13-16-8-7-10(17-13)9-5-4-6-11(18-2)12(9)14/h4-8H,3H2,1-2H3,(H,15,16,17). The van der Waals surface area contributed by atoms with Crippen LogP contribution in [0.5, 0.6) is 5.75 Å². The molecule has 0 saturated heterocycles. The topological polar surface area (TPSA) is 47.0 Å². The van der Waals surface area contributed by atoms with Crippen molar-refractivity contribution in [3.05, 3.63) is 36.3 Å². The van der Waals surface area contributed by atoms with E-state index in [1.807, 2.05) is 6.92 Å². The van der Waals surface area contributed by atoms with Crippen LogP contribution in [0.1, 0.15) is 6.92 Å². The predicted molar refractivity (Wildman–Crippen MR) is 68.1 cm³/mol. The highest BCUT2D eigenvalue weighted by atomic mass is 19.1. The predicted octanol–water partition coefficient (Wildman–Crippen LogP) is 2.72. The molecule has 0 aliphatic rings. The zero-order valence-electron chi connectivity index (χ0n) is 10.3. The van der Waals surface area contributed by atoms with Gasteiger partial charge in [-0.15, -0.1) is 0 Å². The van der Waals surface area contributed by atoms with Gasteiger partial charge in [-0.05, 0) is 25.1 Å². The molecule has 2 rings (SSSR count). The van der Waals surface area contributed by atoms with Crippen molar-refractivity contribution in [1.82, 2.24) is 9.97 Å². The van der Waals surface area contributed by atoms with E-state index in [2.05, 4.69) is 15.3 Å².